The second-order valence-electron chi connectivity index (χ2n) is 5.82. The Hall–Kier alpha value is -1.71. The normalized spacial score (nSPS) is 21.8. The van der Waals surface area contributed by atoms with E-state index < -0.39 is 0 Å². The Morgan fingerprint density at radius 1 is 1.28 bits per heavy atom. The van der Waals surface area contributed by atoms with Crippen molar-refractivity contribution in [3.8, 4) is 11.5 Å². The first-order valence-electron chi connectivity index (χ1n) is 6.20. The predicted octanol–water partition coefficient (Wildman–Crippen LogP) is 2.41. The molecule has 0 radical (unpaired) electrons. The molecule has 1 aliphatic carbocycles. The van der Waals surface area contributed by atoms with Crippen molar-refractivity contribution in [2.24, 2.45) is 5.41 Å². The maximum Gasteiger partial charge on any atom is 0.251 e. The van der Waals surface area contributed by atoms with Gasteiger partial charge in [0.1, 0.15) is 11.5 Å². The van der Waals surface area contributed by atoms with Gasteiger partial charge in [-0.1, -0.05) is 13.8 Å². The van der Waals surface area contributed by atoms with Crippen LogP contribution in [0.25, 0.3) is 0 Å². The van der Waals surface area contributed by atoms with E-state index in [9.17, 15) is 15.0 Å². The second-order valence-corrected chi connectivity index (χ2v) is 5.82. The minimum atomic E-state index is -0.246. The maximum absolute atomic E-state index is 12.0. The number of nitrogens with one attached hydrogen (secondary N) is 1. The monoisotopic (exact) mass is 249 g/mol. The Morgan fingerprint density at radius 3 is 2.39 bits per heavy atom. The Kier molecular flexibility index (Phi) is 3.20. The van der Waals surface area contributed by atoms with Crippen molar-refractivity contribution in [1.29, 1.82) is 0 Å². The van der Waals surface area contributed by atoms with Gasteiger partial charge in [0.15, 0.2) is 0 Å². The quantitative estimate of drug-likeness (QED) is 0.753. The lowest BCUT2D eigenvalue weighted by molar-refractivity contribution is 0.0935. The summed E-state index contributed by atoms with van der Waals surface area (Å²) in [6.45, 7) is 4.39. The Labute approximate surface area is 107 Å². The molecule has 1 saturated carbocycles. The van der Waals surface area contributed by atoms with Crippen LogP contribution in [0.15, 0.2) is 18.2 Å². The van der Waals surface area contributed by atoms with Gasteiger partial charge >= 0.3 is 0 Å². The van der Waals surface area contributed by atoms with Gasteiger partial charge in [-0.2, -0.15) is 0 Å². The Morgan fingerprint density at radius 2 is 1.89 bits per heavy atom. The van der Waals surface area contributed by atoms with Crippen molar-refractivity contribution >= 4 is 5.91 Å². The van der Waals surface area contributed by atoms with Crippen LogP contribution < -0.4 is 5.32 Å². The number of aromatic hydroxyl groups is 2. The number of hydrogen-bond donors (Lipinski definition) is 3. The molecule has 0 spiro atoms. The van der Waals surface area contributed by atoms with E-state index in [4.69, 9.17) is 0 Å². The Bertz CT molecular complexity index is 448. The molecule has 1 amide bonds. The summed E-state index contributed by atoms with van der Waals surface area (Å²) in [6.07, 6.45) is 3.04. The molecule has 1 atom stereocenters. The van der Waals surface area contributed by atoms with Crippen LogP contribution >= 0.6 is 0 Å². The molecule has 1 aromatic carbocycles. The fourth-order valence-electron chi connectivity index (χ4n) is 2.55. The van der Waals surface area contributed by atoms with Gasteiger partial charge in [0.2, 0.25) is 0 Å². The van der Waals surface area contributed by atoms with E-state index in [2.05, 4.69) is 19.2 Å². The molecule has 0 bridgehead atoms. The highest BCUT2D eigenvalue weighted by Gasteiger charge is 2.31. The van der Waals surface area contributed by atoms with Crippen LogP contribution in [0.1, 0.15) is 43.5 Å². The average molecular weight is 249 g/mol. The zero-order chi connectivity index (χ0) is 13.3. The molecule has 1 fully saturated rings. The number of phenols is 2. The third-order valence-corrected chi connectivity index (χ3v) is 3.47. The zero-order valence-electron chi connectivity index (χ0n) is 10.7. The number of hydrogen-bond acceptors (Lipinski definition) is 3. The average Bonchev–Trinajstić information content (AvgIpc) is 2.56. The highest BCUT2D eigenvalue weighted by molar-refractivity contribution is 5.95. The number of benzene rings is 1. The van der Waals surface area contributed by atoms with Crippen LogP contribution in [0.2, 0.25) is 0 Å². The van der Waals surface area contributed by atoms with Gasteiger partial charge in [-0.05, 0) is 36.8 Å². The standard InChI is InChI=1S/C14H19NO3/c1-14(2)4-3-10(8-14)15-13(18)9-5-11(16)7-12(17)6-9/h5-7,10,16-17H,3-4,8H2,1-2H3,(H,15,18). The minimum absolute atomic E-state index is 0.105. The molecule has 18 heavy (non-hydrogen) atoms. The minimum Gasteiger partial charge on any atom is -0.508 e. The molecule has 1 unspecified atom stereocenters. The van der Waals surface area contributed by atoms with Gasteiger partial charge in [0.05, 0.1) is 0 Å². The van der Waals surface area contributed by atoms with Crippen molar-refractivity contribution < 1.29 is 15.0 Å². The van der Waals surface area contributed by atoms with Crippen LogP contribution in [0.4, 0.5) is 0 Å². The summed E-state index contributed by atoms with van der Waals surface area (Å²) in [5, 5.41) is 21.6. The molecule has 0 saturated heterocycles. The van der Waals surface area contributed by atoms with E-state index in [1.54, 1.807) is 0 Å². The lowest BCUT2D eigenvalue weighted by atomic mass is 9.92. The maximum atomic E-state index is 12.0. The number of rotatable bonds is 2. The fraction of sp³-hybridized carbons (Fsp3) is 0.500. The summed E-state index contributed by atoms with van der Waals surface area (Å²) >= 11 is 0. The van der Waals surface area contributed by atoms with E-state index >= 15 is 0 Å². The van der Waals surface area contributed by atoms with Crippen LogP contribution in [0, 0.1) is 5.41 Å². The molecule has 1 aliphatic rings. The topological polar surface area (TPSA) is 69.6 Å². The van der Waals surface area contributed by atoms with Crippen LogP contribution in [-0.4, -0.2) is 22.2 Å². The predicted molar refractivity (Wildman–Crippen MR) is 68.7 cm³/mol. The van der Waals surface area contributed by atoms with Gasteiger partial charge in [-0.3, -0.25) is 4.79 Å². The lowest BCUT2D eigenvalue weighted by Crippen LogP contribution is -2.33. The summed E-state index contributed by atoms with van der Waals surface area (Å²) < 4.78 is 0. The van der Waals surface area contributed by atoms with Crippen molar-refractivity contribution in [2.45, 2.75) is 39.2 Å². The largest absolute Gasteiger partial charge is 0.508 e. The summed E-state index contributed by atoms with van der Waals surface area (Å²) in [5.74, 6) is -0.456. The van der Waals surface area contributed by atoms with E-state index in [0.29, 0.717) is 0 Å². The number of carbonyl (C=O) groups excluding carboxylic acids is 1. The number of amides is 1. The van der Waals surface area contributed by atoms with Gasteiger partial charge < -0.3 is 15.5 Å². The summed E-state index contributed by atoms with van der Waals surface area (Å²) in [5.41, 5.74) is 0.566. The van der Waals surface area contributed by atoms with E-state index in [0.717, 1.165) is 19.3 Å². The first kappa shape index (κ1) is 12.7. The number of phenolic OH excluding ortho intramolecular Hbond substituents is 2. The van der Waals surface area contributed by atoms with Gasteiger partial charge in [-0.15, -0.1) is 0 Å². The summed E-state index contributed by atoms with van der Waals surface area (Å²) in [6, 6.07) is 4.09. The summed E-state index contributed by atoms with van der Waals surface area (Å²) in [4.78, 5) is 12.0. The first-order valence-corrected chi connectivity index (χ1v) is 6.20. The van der Waals surface area contributed by atoms with Crippen molar-refractivity contribution in [3.05, 3.63) is 23.8 Å². The van der Waals surface area contributed by atoms with E-state index in [-0.39, 0.29) is 34.4 Å². The second kappa shape index (κ2) is 4.52. The first-order chi connectivity index (χ1) is 8.35. The van der Waals surface area contributed by atoms with E-state index in [1.165, 1.54) is 18.2 Å². The van der Waals surface area contributed by atoms with Gasteiger partial charge in [0, 0.05) is 17.7 Å². The molecule has 0 aromatic heterocycles. The highest BCUT2D eigenvalue weighted by Crippen LogP contribution is 2.37. The molecule has 4 heteroatoms. The summed E-state index contributed by atoms with van der Waals surface area (Å²) in [7, 11) is 0. The van der Waals surface area contributed by atoms with E-state index in [1.807, 2.05) is 0 Å². The molecule has 0 heterocycles. The molecular weight excluding hydrogens is 230 g/mol. The van der Waals surface area contributed by atoms with Crippen molar-refractivity contribution in [2.75, 3.05) is 0 Å². The smallest absolute Gasteiger partial charge is 0.251 e. The molecule has 3 N–H and O–H groups in total. The molecule has 4 nitrogen and oxygen atoms in total. The molecular formula is C14H19NO3. The van der Waals surface area contributed by atoms with Crippen LogP contribution in [0.5, 0.6) is 11.5 Å². The van der Waals surface area contributed by atoms with Crippen molar-refractivity contribution in [1.82, 2.24) is 5.32 Å². The van der Waals surface area contributed by atoms with Crippen molar-refractivity contribution in [3.63, 3.8) is 0 Å². The molecule has 2 rings (SSSR count). The van der Waals surface area contributed by atoms with Crippen LogP contribution in [0.3, 0.4) is 0 Å². The highest BCUT2D eigenvalue weighted by atomic mass is 16.3. The molecule has 1 aromatic rings. The Balaban J connectivity index is 2.04. The SMILES string of the molecule is CC1(C)CCC(NC(=O)c2cc(O)cc(O)c2)C1. The lowest BCUT2D eigenvalue weighted by Gasteiger charge is -2.18. The third-order valence-electron chi connectivity index (χ3n) is 3.47. The van der Waals surface area contributed by atoms with Gasteiger partial charge in [-0.25, -0.2) is 0 Å². The molecule has 98 valence electrons. The fourth-order valence-corrected chi connectivity index (χ4v) is 2.55. The zero-order valence-corrected chi connectivity index (χ0v) is 10.7. The van der Waals surface area contributed by atoms with Crippen LogP contribution in [-0.2, 0) is 0 Å². The molecule has 0 aliphatic heterocycles. The number of carbonyl (C=O) groups is 1. The third kappa shape index (κ3) is 2.94. The van der Waals surface area contributed by atoms with Gasteiger partial charge in [0.25, 0.3) is 5.91 Å².